The van der Waals surface area contributed by atoms with Crippen molar-refractivity contribution in [2.75, 3.05) is 6.61 Å². The van der Waals surface area contributed by atoms with E-state index >= 15 is 0 Å². The summed E-state index contributed by atoms with van der Waals surface area (Å²) in [7, 11) is 0. The van der Waals surface area contributed by atoms with Gasteiger partial charge in [0.2, 0.25) is 0 Å². The topological polar surface area (TPSA) is 46.5 Å². The fourth-order valence-electron chi connectivity index (χ4n) is 2.44. The predicted molar refractivity (Wildman–Crippen MR) is 65.1 cm³/mol. The van der Waals surface area contributed by atoms with Gasteiger partial charge in [-0.3, -0.25) is 4.79 Å². The molecular formula is C14H18O3. The Morgan fingerprint density at radius 3 is 2.53 bits per heavy atom. The van der Waals surface area contributed by atoms with Gasteiger partial charge in [-0.2, -0.15) is 0 Å². The van der Waals surface area contributed by atoms with E-state index in [2.05, 4.69) is 19.1 Å². The number of aryl methyl sites for hydroxylation is 3. The molecule has 1 aliphatic rings. The quantitative estimate of drug-likeness (QED) is 0.855. The molecule has 0 saturated carbocycles. The molecule has 1 heterocycles. The Balaban J connectivity index is 2.40. The van der Waals surface area contributed by atoms with Crippen LogP contribution in [0.25, 0.3) is 0 Å². The monoisotopic (exact) mass is 234 g/mol. The molecule has 92 valence electrons. The van der Waals surface area contributed by atoms with E-state index in [-0.39, 0.29) is 6.10 Å². The Morgan fingerprint density at radius 1 is 1.24 bits per heavy atom. The lowest BCUT2D eigenvalue weighted by atomic mass is 9.90. The summed E-state index contributed by atoms with van der Waals surface area (Å²) in [6.45, 7) is 6.66. The fourth-order valence-corrected chi connectivity index (χ4v) is 2.44. The van der Waals surface area contributed by atoms with E-state index in [4.69, 9.17) is 4.74 Å². The van der Waals surface area contributed by atoms with Gasteiger partial charge in [-0.25, -0.2) is 0 Å². The zero-order valence-corrected chi connectivity index (χ0v) is 10.5. The number of hydrogen-bond donors (Lipinski definition) is 1. The number of benzene rings is 1. The fraction of sp³-hybridized carbons (Fsp3) is 0.500. The highest BCUT2D eigenvalue weighted by molar-refractivity contribution is 5.71. The second-order valence-corrected chi connectivity index (χ2v) is 4.82. The van der Waals surface area contributed by atoms with Gasteiger partial charge in [0.1, 0.15) is 0 Å². The van der Waals surface area contributed by atoms with E-state index in [9.17, 15) is 9.90 Å². The summed E-state index contributed by atoms with van der Waals surface area (Å²) in [4.78, 5) is 11.2. The summed E-state index contributed by atoms with van der Waals surface area (Å²) in [6, 6.07) is 4.17. The van der Waals surface area contributed by atoms with Gasteiger partial charge in [-0.05, 0) is 49.4 Å². The molecule has 3 nitrogen and oxygen atoms in total. The first-order valence-corrected chi connectivity index (χ1v) is 5.93. The highest BCUT2D eigenvalue weighted by Gasteiger charge is 2.35. The Morgan fingerprint density at radius 2 is 1.88 bits per heavy atom. The number of carboxylic acids is 1. The molecule has 0 spiro atoms. The van der Waals surface area contributed by atoms with Crippen LogP contribution in [0.3, 0.4) is 0 Å². The normalized spacial score (nSPS) is 23.9. The third kappa shape index (κ3) is 2.20. The van der Waals surface area contributed by atoms with Crippen molar-refractivity contribution in [1.29, 1.82) is 0 Å². The van der Waals surface area contributed by atoms with Crippen molar-refractivity contribution in [1.82, 2.24) is 0 Å². The first-order chi connectivity index (χ1) is 8.00. The summed E-state index contributed by atoms with van der Waals surface area (Å²) in [5.41, 5.74) is 4.56. The van der Waals surface area contributed by atoms with Crippen LogP contribution in [0.4, 0.5) is 0 Å². The van der Waals surface area contributed by atoms with Crippen molar-refractivity contribution in [3.8, 4) is 0 Å². The number of aliphatic carboxylic acids is 1. The molecule has 2 rings (SSSR count). The lowest BCUT2D eigenvalue weighted by Crippen LogP contribution is -2.18. The molecule has 2 atom stereocenters. The van der Waals surface area contributed by atoms with Crippen molar-refractivity contribution in [3.63, 3.8) is 0 Å². The minimum absolute atomic E-state index is 0.285. The van der Waals surface area contributed by atoms with Crippen molar-refractivity contribution in [2.45, 2.75) is 33.3 Å². The van der Waals surface area contributed by atoms with Crippen LogP contribution in [-0.4, -0.2) is 17.7 Å². The largest absolute Gasteiger partial charge is 0.481 e. The molecule has 17 heavy (non-hydrogen) atoms. The SMILES string of the molecule is Cc1cc(C)c(C2OCCC2C(=O)O)cc1C. The van der Waals surface area contributed by atoms with E-state index in [0.717, 1.165) is 11.1 Å². The minimum Gasteiger partial charge on any atom is -0.481 e. The molecule has 0 bridgehead atoms. The smallest absolute Gasteiger partial charge is 0.309 e. The highest BCUT2D eigenvalue weighted by Crippen LogP contribution is 2.37. The highest BCUT2D eigenvalue weighted by atomic mass is 16.5. The molecule has 1 aromatic carbocycles. The van der Waals surface area contributed by atoms with Crippen molar-refractivity contribution in [2.24, 2.45) is 5.92 Å². The van der Waals surface area contributed by atoms with Gasteiger partial charge < -0.3 is 9.84 Å². The summed E-state index contributed by atoms with van der Waals surface area (Å²) in [6.07, 6.45) is 0.318. The third-order valence-corrected chi connectivity index (χ3v) is 3.60. The van der Waals surface area contributed by atoms with Gasteiger partial charge in [-0.1, -0.05) is 12.1 Å². The number of carboxylic acid groups (broad SMARTS) is 1. The molecule has 1 N–H and O–H groups in total. The van der Waals surface area contributed by atoms with Gasteiger partial charge in [-0.15, -0.1) is 0 Å². The maximum atomic E-state index is 11.2. The molecule has 0 aliphatic carbocycles. The standard InChI is InChI=1S/C14H18O3/c1-8-6-10(3)12(7-9(8)2)13-11(14(15)16)4-5-17-13/h6-7,11,13H,4-5H2,1-3H3,(H,15,16). The summed E-state index contributed by atoms with van der Waals surface area (Å²) < 4.78 is 5.61. The maximum Gasteiger partial charge on any atom is 0.309 e. The molecule has 3 heteroatoms. The van der Waals surface area contributed by atoms with E-state index in [1.807, 2.05) is 13.8 Å². The Kier molecular flexibility index (Phi) is 3.20. The summed E-state index contributed by atoms with van der Waals surface area (Å²) >= 11 is 0. The van der Waals surface area contributed by atoms with Gasteiger partial charge in [0.05, 0.1) is 12.0 Å². The number of rotatable bonds is 2. The molecular weight excluding hydrogens is 216 g/mol. The molecule has 0 radical (unpaired) electrons. The van der Waals surface area contributed by atoms with Crippen molar-refractivity contribution < 1.29 is 14.6 Å². The molecule has 1 fully saturated rings. The van der Waals surface area contributed by atoms with E-state index in [1.54, 1.807) is 0 Å². The Labute approximate surface area is 101 Å². The van der Waals surface area contributed by atoms with Gasteiger partial charge in [0.15, 0.2) is 0 Å². The number of carbonyl (C=O) groups is 1. The summed E-state index contributed by atoms with van der Waals surface area (Å²) in [5.74, 6) is -1.17. The third-order valence-electron chi connectivity index (χ3n) is 3.60. The summed E-state index contributed by atoms with van der Waals surface area (Å²) in [5, 5.41) is 9.18. The minimum atomic E-state index is -0.759. The molecule has 0 amide bonds. The van der Waals surface area contributed by atoms with Crippen LogP contribution in [0.15, 0.2) is 12.1 Å². The molecule has 1 saturated heterocycles. The average Bonchev–Trinajstić information content (AvgIpc) is 2.72. The van der Waals surface area contributed by atoms with E-state index in [0.29, 0.717) is 13.0 Å². The molecule has 1 aliphatic heterocycles. The van der Waals surface area contributed by atoms with E-state index < -0.39 is 11.9 Å². The first-order valence-electron chi connectivity index (χ1n) is 5.93. The Bertz CT molecular complexity index is 451. The Hall–Kier alpha value is -1.35. The van der Waals surface area contributed by atoms with Crippen LogP contribution in [-0.2, 0) is 9.53 Å². The number of ether oxygens (including phenoxy) is 1. The second-order valence-electron chi connectivity index (χ2n) is 4.82. The first kappa shape index (κ1) is 12.1. The zero-order chi connectivity index (χ0) is 12.6. The van der Waals surface area contributed by atoms with Crippen LogP contribution in [0.1, 0.15) is 34.8 Å². The lowest BCUT2D eigenvalue weighted by molar-refractivity contribution is -0.143. The van der Waals surface area contributed by atoms with Crippen molar-refractivity contribution >= 4 is 5.97 Å². The zero-order valence-electron chi connectivity index (χ0n) is 10.5. The van der Waals surface area contributed by atoms with Gasteiger partial charge >= 0.3 is 5.97 Å². The second kappa shape index (κ2) is 4.49. The van der Waals surface area contributed by atoms with Crippen LogP contribution in [0.2, 0.25) is 0 Å². The maximum absolute atomic E-state index is 11.2. The average molecular weight is 234 g/mol. The molecule has 2 unspecified atom stereocenters. The predicted octanol–water partition coefficient (Wildman–Crippen LogP) is 2.77. The van der Waals surface area contributed by atoms with Crippen molar-refractivity contribution in [3.05, 3.63) is 34.4 Å². The van der Waals surface area contributed by atoms with Crippen LogP contribution in [0, 0.1) is 26.7 Å². The van der Waals surface area contributed by atoms with Crippen LogP contribution >= 0.6 is 0 Å². The lowest BCUT2D eigenvalue weighted by Gasteiger charge is -2.19. The van der Waals surface area contributed by atoms with E-state index in [1.165, 1.54) is 11.1 Å². The van der Waals surface area contributed by atoms with Gasteiger partial charge in [0.25, 0.3) is 0 Å². The van der Waals surface area contributed by atoms with Crippen LogP contribution < -0.4 is 0 Å². The van der Waals surface area contributed by atoms with Crippen LogP contribution in [0.5, 0.6) is 0 Å². The van der Waals surface area contributed by atoms with Gasteiger partial charge in [0, 0.05) is 6.61 Å². The molecule has 0 aromatic heterocycles. The number of hydrogen-bond acceptors (Lipinski definition) is 2. The molecule has 1 aromatic rings.